The zero-order chi connectivity index (χ0) is 15.0. The van der Waals surface area contributed by atoms with Crippen molar-refractivity contribution in [3.63, 3.8) is 0 Å². The lowest BCUT2D eigenvalue weighted by Crippen LogP contribution is -2.40. The minimum atomic E-state index is -0.112. The molecule has 1 aromatic rings. The van der Waals surface area contributed by atoms with Gasteiger partial charge in [-0.1, -0.05) is 43.5 Å². The predicted octanol–water partition coefficient (Wildman–Crippen LogP) is 3.74. The van der Waals surface area contributed by atoms with Crippen molar-refractivity contribution in [3.05, 3.63) is 34.9 Å². The second-order valence-electron chi connectivity index (χ2n) is 6.33. The minimum absolute atomic E-state index is 0.0199. The Morgan fingerprint density at radius 2 is 2.00 bits per heavy atom. The summed E-state index contributed by atoms with van der Waals surface area (Å²) in [5.41, 5.74) is 1.12. The largest absolute Gasteiger partial charge is 0.319 e. The highest BCUT2D eigenvalue weighted by Gasteiger charge is 2.41. The molecule has 0 radical (unpaired) electrons. The molecule has 0 bridgehead atoms. The van der Waals surface area contributed by atoms with Gasteiger partial charge in [-0.2, -0.15) is 0 Å². The van der Waals surface area contributed by atoms with Crippen molar-refractivity contribution in [2.45, 2.75) is 57.8 Å². The third-order valence-corrected chi connectivity index (χ3v) is 4.92. The van der Waals surface area contributed by atoms with Gasteiger partial charge in [-0.25, -0.2) is 0 Å². The van der Waals surface area contributed by atoms with Crippen LogP contribution in [0.4, 0.5) is 0 Å². The topological polar surface area (TPSA) is 32.3 Å². The molecular weight excluding hydrogens is 284 g/mol. The van der Waals surface area contributed by atoms with Crippen molar-refractivity contribution in [1.29, 1.82) is 0 Å². The van der Waals surface area contributed by atoms with Crippen LogP contribution in [0.25, 0.3) is 0 Å². The molecule has 0 aromatic heterocycles. The maximum Gasteiger partial charge on any atom is 0.241 e. The molecule has 3 unspecified atom stereocenters. The molecule has 3 atom stereocenters. The predicted molar refractivity (Wildman–Crippen MR) is 85.1 cm³/mol. The van der Waals surface area contributed by atoms with Crippen molar-refractivity contribution in [3.8, 4) is 0 Å². The van der Waals surface area contributed by atoms with Crippen LogP contribution in [0.1, 0.15) is 51.3 Å². The molecule has 1 N–H and O–H groups in total. The first-order valence-electron chi connectivity index (χ1n) is 7.93. The van der Waals surface area contributed by atoms with Gasteiger partial charge in [-0.3, -0.25) is 10.1 Å². The lowest BCUT2D eigenvalue weighted by atomic mass is 10.0. The molecular formula is C17H23ClN2O. The highest BCUT2D eigenvalue weighted by Crippen LogP contribution is 2.38. The SMILES string of the molecule is CCC(CC1CC1)N1C(=O)C(C)NC1c1ccc(Cl)cc1. The van der Waals surface area contributed by atoms with Crippen LogP contribution < -0.4 is 5.32 Å². The fourth-order valence-electron chi connectivity index (χ4n) is 3.25. The molecule has 1 saturated heterocycles. The fourth-order valence-corrected chi connectivity index (χ4v) is 3.37. The number of hydrogen-bond acceptors (Lipinski definition) is 2. The van der Waals surface area contributed by atoms with Crippen molar-refractivity contribution in [1.82, 2.24) is 10.2 Å². The van der Waals surface area contributed by atoms with E-state index in [1.807, 2.05) is 31.2 Å². The summed E-state index contributed by atoms with van der Waals surface area (Å²) in [6, 6.07) is 8.05. The Morgan fingerprint density at radius 3 is 2.57 bits per heavy atom. The van der Waals surface area contributed by atoms with Crippen LogP contribution in [0.2, 0.25) is 5.02 Å². The first kappa shape index (κ1) is 14.9. The minimum Gasteiger partial charge on any atom is -0.319 e. The Balaban J connectivity index is 1.85. The van der Waals surface area contributed by atoms with Gasteiger partial charge in [0.2, 0.25) is 5.91 Å². The molecule has 3 rings (SSSR count). The number of hydrogen-bond donors (Lipinski definition) is 1. The quantitative estimate of drug-likeness (QED) is 0.899. The van der Waals surface area contributed by atoms with Crippen LogP contribution in [-0.2, 0) is 4.79 Å². The first-order valence-corrected chi connectivity index (χ1v) is 8.31. The maximum atomic E-state index is 12.6. The van der Waals surface area contributed by atoms with Gasteiger partial charge in [0.1, 0.15) is 6.17 Å². The Hall–Kier alpha value is -1.06. The number of halogens is 1. The van der Waals surface area contributed by atoms with Crippen LogP contribution in [0.15, 0.2) is 24.3 Å². The lowest BCUT2D eigenvalue weighted by molar-refractivity contribution is -0.132. The molecule has 1 aromatic carbocycles. The van der Waals surface area contributed by atoms with E-state index in [4.69, 9.17) is 11.6 Å². The summed E-state index contributed by atoms with van der Waals surface area (Å²) in [4.78, 5) is 14.7. The Labute approximate surface area is 131 Å². The fraction of sp³-hybridized carbons (Fsp3) is 0.588. The highest BCUT2D eigenvalue weighted by atomic mass is 35.5. The first-order chi connectivity index (χ1) is 10.1. The van der Waals surface area contributed by atoms with E-state index in [0.717, 1.165) is 29.3 Å². The molecule has 21 heavy (non-hydrogen) atoms. The molecule has 4 heteroatoms. The van der Waals surface area contributed by atoms with E-state index < -0.39 is 0 Å². The number of nitrogens with zero attached hydrogens (tertiary/aromatic N) is 1. The van der Waals surface area contributed by atoms with Gasteiger partial charge >= 0.3 is 0 Å². The highest BCUT2D eigenvalue weighted by molar-refractivity contribution is 6.30. The van der Waals surface area contributed by atoms with Crippen molar-refractivity contribution < 1.29 is 4.79 Å². The third-order valence-electron chi connectivity index (χ3n) is 4.66. The van der Waals surface area contributed by atoms with Crippen LogP contribution in [0.5, 0.6) is 0 Å². The molecule has 2 fully saturated rings. The van der Waals surface area contributed by atoms with Gasteiger partial charge in [0.25, 0.3) is 0 Å². The molecule has 1 aliphatic heterocycles. The lowest BCUT2D eigenvalue weighted by Gasteiger charge is -2.32. The molecule has 1 heterocycles. The van der Waals surface area contributed by atoms with Gasteiger partial charge in [-0.05, 0) is 43.4 Å². The average molecular weight is 307 g/mol. The summed E-state index contributed by atoms with van der Waals surface area (Å²) >= 11 is 5.98. The van der Waals surface area contributed by atoms with Crippen LogP contribution in [0, 0.1) is 5.92 Å². The van der Waals surface area contributed by atoms with Gasteiger partial charge in [-0.15, -0.1) is 0 Å². The normalized spacial score (nSPS) is 27.2. The van der Waals surface area contributed by atoms with E-state index in [9.17, 15) is 4.79 Å². The molecule has 3 nitrogen and oxygen atoms in total. The summed E-state index contributed by atoms with van der Waals surface area (Å²) in [7, 11) is 0. The standard InChI is InChI=1S/C17H23ClN2O/c1-3-15(10-12-4-5-12)20-16(19-11(2)17(20)21)13-6-8-14(18)9-7-13/h6-9,11-12,15-16,19H,3-5,10H2,1-2H3. The maximum absolute atomic E-state index is 12.6. The number of carbonyl (C=O) groups is 1. The van der Waals surface area contributed by atoms with Gasteiger partial charge < -0.3 is 4.90 Å². The summed E-state index contributed by atoms with van der Waals surface area (Å²) < 4.78 is 0. The van der Waals surface area contributed by atoms with E-state index in [2.05, 4.69) is 17.1 Å². The average Bonchev–Trinajstić information content (AvgIpc) is 3.25. The molecule has 114 valence electrons. The molecule has 1 amide bonds. The Kier molecular flexibility index (Phi) is 4.23. The number of amides is 1. The summed E-state index contributed by atoms with van der Waals surface area (Å²) in [5.74, 6) is 1.05. The van der Waals surface area contributed by atoms with E-state index in [-0.39, 0.29) is 18.1 Å². The summed E-state index contributed by atoms with van der Waals surface area (Å²) in [6.45, 7) is 4.14. The number of benzene rings is 1. The second-order valence-corrected chi connectivity index (χ2v) is 6.77. The van der Waals surface area contributed by atoms with Crippen molar-refractivity contribution in [2.24, 2.45) is 5.92 Å². The second kappa shape index (κ2) is 5.98. The summed E-state index contributed by atoms with van der Waals surface area (Å²) in [5, 5.41) is 4.16. The van der Waals surface area contributed by atoms with E-state index in [1.54, 1.807) is 0 Å². The van der Waals surface area contributed by atoms with E-state index in [1.165, 1.54) is 12.8 Å². The van der Waals surface area contributed by atoms with E-state index >= 15 is 0 Å². The molecule has 1 aliphatic carbocycles. The Morgan fingerprint density at radius 1 is 1.33 bits per heavy atom. The Bertz CT molecular complexity index is 512. The molecule has 1 saturated carbocycles. The summed E-state index contributed by atoms with van der Waals surface area (Å²) in [6.07, 6.45) is 4.79. The van der Waals surface area contributed by atoms with Crippen molar-refractivity contribution in [2.75, 3.05) is 0 Å². The zero-order valence-corrected chi connectivity index (χ0v) is 13.4. The monoisotopic (exact) mass is 306 g/mol. The van der Waals surface area contributed by atoms with Gasteiger partial charge in [0.15, 0.2) is 0 Å². The van der Waals surface area contributed by atoms with Gasteiger partial charge in [0.05, 0.1) is 6.04 Å². The number of rotatable bonds is 5. The van der Waals surface area contributed by atoms with Crippen LogP contribution in [-0.4, -0.2) is 22.9 Å². The molecule has 2 aliphatic rings. The third kappa shape index (κ3) is 3.09. The van der Waals surface area contributed by atoms with Crippen LogP contribution >= 0.6 is 11.6 Å². The number of carbonyl (C=O) groups excluding carboxylic acids is 1. The van der Waals surface area contributed by atoms with Crippen LogP contribution in [0.3, 0.4) is 0 Å². The molecule has 0 spiro atoms. The zero-order valence-electron chi connectivity index (χ0n) is 12.7. The van der Waals surface area contributed by atoms with Crippen molar-refractivity contribution >= 4 is 17.5 Å². The smallest absolute Gasteiger partial charge is 0.241 e. The number of nitrogens with one attached hydrogen (secondary N) is 1. The van der Waals surface area contributed by atoms with E-state index in [0.29, 0.717) is 6.04 Å². The van der Waals surface area contributed by atoms with Gasteiger partial charge in [0, 0.05) is 11.1 Å².